The van der Waals surface area contributed by atoms with Crippen LogP contribution in [0.3, 0.4) is 0 Å². The number of carbonyl (C=O) groups excluding carboxylic acids is 1. The standard InChI is InChI=1S/C26H34ClFN6O/c1-6-34(19-9-7-18(8-10-19)33(4)5)23-12-17(27)11-20(15(23)2)26(35)29-13-22-24-21(14-30-32-24)16(3)31-25(22)28/h11-12,14,18-19H,6-10,13H2,1-5H3,(H,29,35)(H,30,32)/t18-,19-. The summed E-state index contributed by atoms with van der Waals surface area (Å²) in [6, 6.07) is 4.66. The van der Waals surface area contributed by atoms with E-state index in [0.29, 0.717) is 33.9 Å². The summed E-state index contributed by atoms with van der Waals surface area (Å²) in [5, 5.41) is 10.9. The summed E-state index contributed by atoms with van der Waals surface area (Å²) in [6.07, 6.45) is 6.12. The Morgan fingerprint density at radius 3 is 2.54 bits per heavy atom. The highest BCUT2D eigenvalue weighted by molar-refractivity contribution is 6.31. The molecule has 2 heterocycles. The predicted octanol–water partition coefficient (Wildman–Crippen LogP) is 5.00. The molecule has 0 aliphatic heterocycles. The van der Waals surface area contributed by atoms with Gasteiger partial charge in [-0.2, -0.15) is 9.49 Å². The van der Waals surface area contributed by atoms with Crippen molar-refractivity contribution in [3.8, 4) is 0 Å². The number of anilines is 1. The van der Waals surface area contributed by atoms with Gasteiger partial charge in [-0.1, -0.05) is 11.6 Å². The summed E-state index contributed by atoms with van der Waals surface area (Å²) in [5.41, 5.74) is 3.73. The zero-order chi connectivity index (χ0) is 25.3. The summed E-state index contributed by atoms with van der Waals surface area (Å²) in [6.45, 7) is 6.64. The average molecular weight is 501 g/mol. The third-order valence-corrected chi connectivity index (χ3v) is 7.57. The molecule has 1 saturated carbocycles. The van der Waals surface area contributed by atoms with E-state index in [-0.39, 0.29) is 18.0 Å². The van der Waals surface area contributed by atoms with E-state index in [1.165, 1.54) is 0 Å². The van der Waals surface area contributed by atoms with Crippen LogP contribution in [0.25, 0.3) is 10.9 Å². The molecule has 0 unspecified atom stereocenters. The first-order valence-electron chi connectivity index (χ1n) is 12.2. The molecule has 1 amide bonds. The second kappa shape index (κ2) is 10.5. The second-order valence-electron chi connectivity index (χ2n) is 9.62. The van der Waals surface area contributed by atoms with E-state index in [2.05, 4.69) is 51.3 Å². The van der Waals surface area contributed by atoms with E-state index in [1.54, 1.807) is 19.2 Å². The zero-order valence-electron chi connectivity index (χ0n) is 21.1. The molecule has 1 aliphatic rings. The molecule has 1 aliphatic carbocycles. The number of aromatic nitrogens is 3. The first-order valence-corrected chi connectivity index (χ1v) is 12.6. The van der Waals surface area contributed by atoms with Gasteiger partial charge in [0.2, 0.25) is 5.95 Å². The lowest BCUT2D eigenvalue weighted by Crippen LogP contribution is -2.42. The van der Waals surface area contributed by atoms with Crippen molar-refractivity contribution in [1.82, 2.24) is 25.4 Å². The van der Waals surface area contributed by atoms with Crippen LogP contribution in [0.15, 0.2) is 18.3 Å². The van der Waals surface area contributed by atoms with Gasteiger partial charge in [-0.05, 0) is 78.2 Å². The Morgan fingerprint density at radius 1 is 1.20 bits per heavy atom. The minimum atomic E-state index is -0.617. The lowest BCUT2D eigenvalue weighted by molar-refractivity contribution is 0.0950. The number of aryl methyl sites for hydroxylation is 1. The summed E-state index contributed by atoms with van der Waals surface area (Å²) in [7, 11) is 4.29. The Morgan fingerprint density at radius 2 is 1.89 bits per heavy atom. The molecule has 188 valence electrons. The van der Waals surface area contributed by atoms with E-state index in [1.807, 2.05) is 13.0 Å². The monoisotopic (exact) mass is 500 g/mol. The average Bonchev–Trinajstić information content (AvgIpc) is 3.32. The Balaban J connectivity index is 1.56. The van der Waals surface area contributed by atoms with Gasteiger partial charge in [0, 0.05) is 46.8 Å². The number of pyridine rings is 1. The molecule has 4 rings (SSSR count). The van der Waals surface area contributed by atoms with E-state index in [4.69, 9.17) is 11.6 Å². The second-order valence-corrected chi connectivity index (χ2v) is 10.1. The molecule has 1 fully saturated rings. The van der Waals surface area contributed by atoms with Crippen LogP contribution in [0, 0.1) is 19.8 Å². The Hall–Kier alpha value is -2.71. The molecule has 0 radical (unpaired) electrons. The van der Waals surface area contributed by atoms with E-state index < -0.39 is 5.95 Å². The molecule has 9 heteroatoms. The molecular formula is C26H34ClFN6O. The Labute approximate surface area is 211 Å². The van der Waals surface area contributed by atoms with Gasteiger partial charge >= 0.3 is 0 Å². The van der Waals surface area contributed by atoms with Crippen LogP contribution in [0.5, 0.6) is 0 Å². The highest BCUT2D eigenvalue weighted by Gasteiger charge is 2.28. The SMILES string of the molecule is CCN(c1cc(Cl)cc(C(=O)NCc2c(F)nc(C)c3cn[nH]c23)c1C)[C@H]1CC[C@H](N(C)C)CC1. The fourth-order valence-corrected chi connectivity index (χ4v) is 5.52. The maximum atomic E-state index is 14.6. The van der Waals surface area contributed by atoms with Crippen molar-refractivity contribution in [2.75, 3.05) is 25.5 Å². The molecule has 0 atom stereocenters. The number of nitrogens with zero attached hydrogens (tertiary/aromatic N) is 4. The number of halogens is 2. The van der Waals surface area contributed by atoms with Gasteiger partial charge in [0.05, 0.1) is 23.0 Å². The topological polar surface area (TPSA) is 77.1 Å². The van der Waals surface area contributed by atoms with Crippen molar-refractivity contribution < 1.29 is 9.18 Å². The molecular weight excluding hydrogens is 467 g/mol. The molecule has 35 heavy (non-hydrogen) atoms. The van der Waals surface area contributed by atoms with Crippen LogP contribution in [0.1, 0.15) is 59.8 Å². The van der Waals surface area contributed by atoms with Gasteiger partial charge in [0.25, 0.3) is 5.91 Å². The van der Waals surface area contributed by atoms with Gasteiger partial charge in [-0.15, -0.1) is 0 Å². The van der Waals surface area contributed by atoms with Crippen LogP contribution in [0.2, 0.25) is 5.02 Å². The molecule has 0 spiro atoms. The number of hydrogen-bond acceptors (Lipinski definition) is 5. The van der Waals surface area contributed by atoms with Crippen molar-refractivity contribution >= 4 is 34.1 Å². The summed E-state index contributed by atoms with van der Waals surface area (Å²) in [4.78, 5) is 21.9. The van der Waals surface area contributed by atoms with Gasteiger partial charge in [-0.3, -0.25) is 9.89 Å². The van der Waals surface area contributed by atoms with Crippen LogP contribution in [0.4, 0.5) is 10.1 Å². The molecule has 0 saturated heterocycles. The number of fused-ring (bicyclic) bond motifs is 1. The Bertz CT molecular complexity index is 1220. The summed E-state index contributed by atoms with van der Waals surface area (Å²) in [5.74, 6) is -0.917. The summed E-state index contributed by atoms with van der Waals surface area (Å²) < 4.78 is 14.6. The number of rotatable bonds is 7. The quantitative estimate of drug-likeness (QED) is 0.446. The zero-order valence-corrected chi connectivity index (χ0v) is 21.8. The fourth-order valence-electron chi connectivity index (χ4n) is 5.30. The third-order valence-electron chi connectivity index (χ3n) is 7.35. The molecule has 2 aromatic heterocycles. The minimum Gasteiger partial charge on any atom is -0.369 e. The number of hydrogen-bond donors (Lipinski definition) is 2. The van der Waals surface area contributed by atoms with Crippen molar-refractivity contribution in [2.45, 2.75) is 65.1 Å². The predicted molar refractivity (Wildman–Crippen MR) is 139 cm³/mol. The van der Waals surface area contributed by atoms with E-state index >= 15 is 0 Å². The lowest BCUT2D eigenvalue weighted by Gasteiger charge is -2.40. The van der Waals surface area contributed by atoms with Gasteiger partial charge in [-0.25, -0.2) is 4.98 Å². The molecule has 0 bridgehead atoms. The van der Waals surface area contributed by atoms with Crippen LogP contribution in [-0.4, -0.2) is 58.7 Å². The maximum Gasteiger partial charge on any atom is 0.251 e. The number of benzene rings is 1. The number of H-pyrrole nitrogens is 1. The van der Waals surface area contributed by atoms with E-state index in [0.717, 1.165) is 48.9 Å². The fraction of sp³-hybridized carbons (Fsp3) is 0.500. The highest BCUT2D eigenvalue weighted by atomic mass is 35.5. The smallest absolute Gasteiger partial charge is 0.251 e. The third kappa shape index (κ3) is 5.14. The molecule has 1 aromatic carbocycles. The van der Waals surface area contributed by atoms with Crippen LogP contribution < -0.4 is 10.2 Å². The molecule has 7 nitrogen and oxygen atoms in total. The van der Waals surface area contributed by atoms with Gasteiger partial charge in [0.1, 0.15) is 0 Å². The minimum absolute atomic E-state index is 0.00995. The lowest BCUT2D eigenvalue weighted by atomic mass is 9.89. The van der Waals surface area contributed by atoms with Crippen molar-refractivity contribution in [2.24, 2.45) is 0 Å². The van der Waals surface area contributed by atoms with Gasteiger partial charge in [0.15, 0.2) is 0 Å². The van der Waals surface area contributed by atoms with Crippen LogP contribution in [-0.2, 0) is 6.54 Å². The normalized spacial score (nSPS) is 18.3. The molecule has 3 aromatic rings. The first kappa shape index (κ1) is 25.4. The van der Waals surface area contributed by atoms with Crippen LogP contribution >= 0.6 is 11.6 Å². The summed E-state index contributed by atoms with van der Waals surface area (Å²) >= 11 is 6.50. The van der Waals surface area contributed by atoms with Crippen molar-refractivity contribution in [3.63, 3.8) is 0 Å². The number of amides is 1. The highest BCUT2D eigenvalue weighted by Crippen LogP contribution is 2.34. The molecule has 2 N–H and O–H groups in total. The largest absolute Gasteiger partial charge is 0.369 e. The number of aromatic amines is 1. The van der Waals surface area contributed by atoms with Crippen molar-refractivity contribution in [3.05, 3.63) is 51.7 Å². The maximum absolute atomic E-state index is 14.6. The van der Waals surface area contributed by atoms with E-state index in [9.17, 15) is 9.18 Å². The number of carbonyl (C=O) groups is 1. The van der Waals surface area contributed by atoms with Crippen molar-refractivity contribution in [1.29, 1.82) is 0 Å². The first-order chi connectivity index (χ1) is 16.7. The van der Waals surface area contributed by atoms with Gasteiger partial charge < -0.3 is 15.1 Å². The number of nitrogens with one attached hydrogen (secondary N) is 2. The Kier molecular flexibility index (Phi) is 7.62.